The molecule has 0 fully saturated rings. The number of hydrogen-bond donors (Lipinski definition) is 1. The number of nitrogens with zero attached hydrogens (tertiary/aromatic N) is 7. The Morgan fingerprint density at radius 1 is 1.32 bits per heavy atom. The Morgan fingerprint density at radius 3 is 2.77 bits per heavy atom. The van der Waals surface area contributed by atoms with Crippen LogP contribution in [0.4, 0.5) is 4.39 Å². The highest BCUT2D eigenvalue weighted by Crippen LogP contribution is 2.35. The van der Waals surface area contributed by atoms with Crippen LogP contribution in [0.3, 0.4) is 0 Å². The van der Waals surface area contributed by atoms with Crippen molar-refractivity contribution in [2.75, 3.05) is 0 Å². The van der Waals surface area contributed by atoms with Gasteiger partial charge in [-0.15, -0.1) is 5.10 Å². The molecule has 8 nitrogen and oxygen atoms in total. The predicted octanol–water partition coefficient (Wildman–Crippen LogP) is 0.553. The van der Waals surface area contributed by atoms with Crippen LogP contribution in [-0.2, 0) is 12.1 Å². The number of aliphatic hydroxyl groups is 1. The molecule has 22 heavy (non-hydrogen) atoms. The van der Waals surface area contributed by atoms with Crippen LogP contribution in [0.1, 0.15) is 18.5 Å². The highest BCUT2D eigenvalue weighted by atomic mass is 19.1. The van der Waals surface area contributed by atoms with E-state index >= 15 is 0 Å². The van der Waals surface area contributed by atoms with E-state index in [0.29, 0.717) is 0 Å². The molecule has 0 aliphatic rings. The van der Waals surface area contributed by atoms with Gasteiger partial charge in [-0.3, -0.25) is 0 Å². The maximum absolute atomic E-state index is 14.2. The third-order valence-electron chi connectivity index (χ3n) is 3.66. The van der Waals surface area contributed by atoms with E-state index in [1.165, 1.54) is 40.5 Å². The standard InChI is InChI=1S/C13H14FN7O/c1-10(21-9-16-18-19-21)13(22,6-20-8-15-7-17-20)11-4-2-3-5-12(11)14/h2-5,7-10,22H,6H2,1H3/t10-,13-/m1/s1. The van der Waals surface area contributed by atoms with Gasteiger partial charge in [-0.25, -0.2) is 18.7 Å². The Kier molecular flexibility index (Phi) is 3.63. The Labute approximate surface area is 125 Å². The van der Waals surface area contributed by atoms with E-state index in [-0.39, 0.29) is 12.1 Å². The van der Waals surface area contributed by atoms with Gasteiger partial charge in [0.1, 0.15) is 30.4 Å². The van der Waals surface area contributed by atoms with Crippen molar-refractivity contribution in [2.45, 2.75) is 25.1 Å². The minimum Gasteiger partial charge on any atom is -0.381 e. The van der Waals surface area contributed by atoms with Gasteiger partial charge < -0.3 is 5.11 Å². The van der Waals surface area contributed by atoms with Crippen molar-refractivity contribution < 1.29 is 9.50 Å². The van der Waals surface area contributed by atoms with Gasteiger partial charge in [-0.05, 0) is 23.4 Å². The number of tetrazole rings is 1. The van der Waals surface area contributed by atoms with E-state index in [0.717, 1.165) is 0 Å². The minimum atomic E-state index is -1.60. The number of hydrogen-bond acceptors (Lipinski definition) is 6. The van der Waals surface area contributed by atoms with E-state index in [1.54, 1.807) is 19.1 Å². The molecule has 2 atom stereocenters. The zero-order chi connectivity index (χ0) is 15.6. The lowest BCUT2D eigenvalue weighted by atomic mass is 9.86. The second kappa shape index (κ2) is 5.60. The van der Waals surface area contributed by atoms with Crippen molar-refractivity contribution in [2.24, 2.45) is 0 Å². The molecule has 0 saturated carbocycles. The molecule has 0 saturated heterocycles. The summed E-state index contributed by atoms with van der Waals surface area (Å²) >= 11 is 0. The topological polar surface area (TPSA) is 94.5 Å². The van der Waals surface area contributed by atoms with Crippen molar-refractivity contribution in [1.82, 2.24) is 35.0 Å². The van der Waals surface area contributed by atoms with Gasteiger partial charge in [0, 0.05) is 5.56 Å². The fourth-order valence-corrected chi connectivity index (χ4v) is 2.38. The predicted molar refractivity (Wildman–Crippen MR) is 72.8 cm³/mol. The molecular formula is C13H14FN7O. The van der Waals surface area contributed by atoms with Gasteiger partial charge >= 0.3 is 0 Å². The normalized spacial score (nSPS) is 15.4. The molecule has 3 aromatic rings. The van der Waals surface area contributed by atoms with Gasteiger partial charge in [0.2, 0.25) is 0 Å². The molecular weight excluding hydrogens is 289 g/mol. The largest absolute Gasteiger partial charge is 0.381 e. The first kappa shape index (κ1) is 14.3. The summed E-state index contributed by atoms with van der Waals surface area (Å²) in [7, 11) is 0. The fraction of sp³-hybridized carbons (Fsp3) is 0.308. The summed E-state index contributed by atoms with van der Waals surface area (Å²) in [6, 6.07) is 5.44. The van der Waals surface area contributed by atoms with Crippen LogP contribution in [0.2, 0.25) is 0 Å². The second-order valence-corrected chi connectivity index (χ2v) is 4.96. The number of halogens is 1. The van der Waals surface area contributed by atoms with Crippen LogP contribution in [0.15, 0.2) is 43.2 Å². The Morgan fingerprint density at radius 2 is 2.14 bits per heavy atom. The molecule has 0 bridgehead atoms. The van der Waals surface area contributed by atoms with Crippen molar-refractivity contribution in [3.63, 3.8) is 0 Å². The molecule has 114 valence electrons. The number of rotatable bonds is 5. The summed E-state index contributed by atoms with van der Waals surface area (Å²) in [6.07, 6.45) is 4.18. The van der Waals surface area contributed by atoms with Crippen LogP contribution >= 0.6 is 0 Å². The fourth-order valence-electron chi connectivity index (χ4n) is 2.38. The smallest absolute Gasteiger partial charge is 0.138 e. The third-order valence-corrected chi connectivity index (χ3v) is 3.66. The molecule has 9 heteroatoms. The van der Waals surface area contributed by atoms with Crippen LogP contribution in [0.5, 0.6) is 0 Å². The summed E-state index contributed by atoms with van der Waals surface area (Å²) in [6.45, 7) is 1.72. The van der Waals surface area contributed by atoms with Gasteiger partial charge in [0.15, 0.2) is 0 Å². The molecule has 0 spiro atoms. The molecule has 0 aliphatic carbocycles. The van der Waals surface area contributed by atoms with Gasteiger partial charge in [0.25, 0.3) is 0 Å². The zero-order valence-electron chi connectivity index (χ0n) is 11.8. The lowest BCUT2D eigenvalue weighted by Crippen LogP contribution is -2.40. The highest BCUT2D eigenvalue weighted by molar-refractivity contribution is 5.25. The summed E-state index contributed by atoms with van der Waals surface area (Å²) in [5, 5.41) is 26.1. The van der Waals surface area contributed by atoms with E-state index in [9.17, 15) is 9.50 Å². The number of benzene rings is 1. The highest BCUT2D eigenvalue weighted by Gasteiger charge is 2.40. The van der Waals surface area contributed by atoms with E-state index in [2.05, 4.69) is 25.6 Å². The maximum atomic E-state index is 14.2. The first-order valence-electron chi connectivity index (χ1n) is 6.63. The Hall–Kier alpha value is -2.68. The van der Waals surface area contributed by atoms with Gasteiger partial charge in [-0.2, -0.15) is 5.10 Å². The molecule has 0 amide bonds. The van der Waals surface area contributed by atoms with Crippen molar-refractivity contribution >= 4 is 0 Å². The van der Waals surface area contributed by atoms with Crippen molar-refractivity contribution in [3.05, 3.63) is 54.6 Å². The average molecular weight is 303 g/mol. The monoisotopic (exact) mass is 303 g/mol. The average Bonchev–Trinajstić information content (AvgIpc) is 3.20. The van der Waals surface area contributed by atoms with E-state index in [1.807, 2.05) is 0 Å². The van der Waals surface area contributed by atoms with Crippen LogP contribution < -0.4 is 0 Å². The Balaban J connectivity index is 2.07. The maximum Gasteiger partial charge on any atom is 0.138 e. The summed E-state index contributed by atoms with van der Waals surface area (Å²) in [4.78, 5) is 3.84. The van der Waals surface area contributed by atoms with Gasteiger partial charge in [0.05, 0.1) is 12.6 Å². The molecule has 1 N–H and O–H groups in total. The molecule has 0 aliphatic heterocycles. The van der Waals surface area contributed by atoms with E-state index < -0.39 is 17.5 Å². The molecule has 1 aromatic carbocycles. The first-order valence-corrected chi connectivity index (χ1v) is 6.63. The summed E-state index contributed by atoms with van der Waals surface area (Å²) in [5.74, 6) is -0.509. The number of aromatic nitrogens is 7. The van der Waals surface area contributed by atoms with Crippen LogP contribution in [-0.4, -0.2) is 40.1 Å². The second-order valence-electron chi connectivity index (χ2n) is 4.96. The molecule has 3 rings (SSSR count). The molecule has 2 aromatic heterocycles. The molecule has 2 heterocycles. The zero-order valence-corrected chi connectivity index (χ0v) is 11.8. The van der Waals surface area contributed by atoms with E-state index in [4.69, 9.17) is 0 Å². The van der Waals surface area contributed by atoms with Crippen molar-refractivity contribution in [1.29, 1.82) is 0 Å². The minimum absolute atomic E-state index is 0.00889. The first-order chi connectivity index (χ1) is 10.6. The third kappa shape index (κ3) is 2.46. The Bertz CT molecular complexity index is 731. The molecule has 0 unspecified atom stereocenters. The summed E-state index contributed by atoms with van der Waals surface area (Å²) < 4.78 is 17.1. The lowest BCUT2D eigenvalue weighted by molar-refractivity contribution is -0.0374. The SMILES string of the molecule is C[C@@H](n1cnnn1)[C@](O)(Cn1cncn1)c1ccccc1F. The quantitative estimate of drug-likeness (QED) is 0.740. The molecule has 0 radical (unpaired) electrons. The van der Waals surface area contributed by atoms with Crippen molar-refractivity contribution in [3.8, 4) is 0 Å². The van der Waals surface area contributed by atoms with Crippen LogP contribution in [0.25, 0.3) is 0 Å². The van der Waals surface area contributed by atoms with Crippen LogP contribution in [0, 0.1) is 5.82 Å². The lowest BCUT2D eigenvalue weighted by Gasteiger charge is -2.34. The summed E-state index contributed by atoms with van der Waals surface area (Å²) in [5.41, 5.74) is -1.46. The van der Waals surface area contributed by atoms with Gasteiger partial charge in [-0.1, -0.05) is 18.2 Å².